The Labute approximate surface area is 453 Å². The summed E-state index contributed by atoms with van der Waals surface area (Å²) >= 11 is 1.16. The lowest BCUT2D eigenvalue weighted by Gasteiger charge is -2.40. The number of anilines is 2. The maximum absolute atomic E-state index is 15.0. The van der Waals surface area contributed by atoms with Crippen molar-refractivity contribution in [2.45, 2.75) is 170 Å². The number of carbonyl (C=O) groups excluding carboxylic acids is 7. The number of rotatable bonds is 31. The highest BCUT2D eigenvalue weighted by Gasteiger charge is 2.41. The van der Waals surface area contributed by atoms with Gasteiger partial charge < -0.3 is 52.8 Å². The number of carboxylic acids is 1. The van der Waals surface area contributed by atoms with E-state index in [1.54, 1.807) is 48.4 Å². The third kappa shape index (κ3) is 20.4. The quantitative estimate of drug-likeness (QED) is 0.0182. The minimum atomic E-state index is -1.31. The number of hydrogen-bond donors (Lipinski definition) is 8. The largest absolute Gasteiger partial charge is 0.481 e. The zero-order valence-electron chi connectivity index (χ0n) is 46.4. The number of amides is 7. The van der Waals surface area contributed by atoms with Gasteiger partial charge in [-0.2, -0.15) is 0 Å². The third-order valence-corrected chi connectivity index (χ3v) is 15.0. The zero-order chi connectivity index (χ0) is 56.9. The van der Waals surface area contributed by atoms with Gasteiger partial charge in [0, 0.05) is 55.9 Å². The van der Waals surface area contributed by atoms with Crippen LogP contribution in [0.15, 0.2) is 29.6 Å². The summed E-state index contributed by atoms with van der Waals surface area (Å²) in [5, 5.41) is 26.1. The molecule has 10 N–H and O–H groups in total. The summed E-state index contributed by atoms with van der Waals surface area (Å²) in [5.41, 5.74) is 11.0. The number of unbranched alkanes of at least 4 members (excludes halogenated alkanes) is 2. The molecule has 0 aliphatic carbocycles. The lowest BCUT2D eigenvalue weighted by Crippen LogP contribution is -2.56. The van der Waals surface area contributed by atoms with Crippen LogP contribution in [0, 0.1) is 47.3 Å². The number of nitrogens with two attached hydrogens (primary N) is 2. The standard InChI is InChI=1S/C55H86N10O10S/c1-12-14-15-17-28-65(52(71)45(35(7)13-2)49(69)63-44-21-16-18-27-64(44)11)41(33(3)4)30-42(75-36(8)66)51-62-43(32-76-51)61-47(67)38(31-55(9,10)53(72)73)29-37-22-24-39(25-23-37)59-48(68)40(20-19-26-58-54(57)74)60-50(70)46(56)34(5)6/h1,22-25,32-35,38,40-42,44-46H,13-21,26-31,56H2,2-11H3,(H,59,68)(H,60,70)(H,61,67)(H,63,69)(H,72,73)(H3,57,58,74)/t35-,38-,40-,41+,42+,44+,45-,46-/m0/s1. The van der Waals surface area contributed by atoms with Crippen molar-refractivity contribution in [3.63, 3.8) is 0 Å². The van der Waals surface area contributed by atoms with Crippen LogP contribution in [0.1, 0.15) is 150 Å². The highest BCUT2D eigenvalue weighted by molar-refractivity contribution is 7.10. The molecule has 1 saturated heterocycles. The molecule has 76 heavy (non-hydrogen) atoms. The normalized spacial score (nSPS) is 16.7. The Bertz CT molecular complexity index is 2300. The zero-order valence-corrected chi connectivity index (χ0v) is 47.2. The first-order valence-electron chi connectivity index (χ1n) is 26.7. The number of urea groups is 1. The number of terminal acetylenes is 1. The van der Waals surface area contributed by atoms with Crippen molar-refractivity contribution >= 4 is 70.3 Å². The fourth-order valence-corrected chi connectivity index (χ4v) is 9.94. The molecular formula is C55H86N10O10S. The van der Waals surface area contributed by atoms with E-state index in [-0.39, 0.29) is 73.8 Å². The number of likely N-dealkylation sites (tertiary alicyclic amines) is 1. The number of carbonyl (C=O) groups is 8. The molecule has 21 heteroatoms. The van der Waals surface area contributed by atoms with Crippen molar-refractivity contribution in [2.75, 3.05) is 37.3 Å². The van der Waals surface area contributed by atoms with E-state index in [1.165, 1.54) is 20.8 Å². The number of nitrogens with zero attached hydrogens (tertiary/aromatic N) is 3. The predicted octanol–water partition coefficient (Wildman–Crippen LogP) is 6.17. The molecule has 1 aromatic heterocycles. The number of nitrogens with one attached hydrogen (secondary N) is 5. The van der Waals surface area contributed by atoms with Crippen LogP contribution in [0.2, 0.25) is 0 Å². The minimum absolute atomic E-state index is 0.0570. The van der Waals surface area contributed by atoms with Crippen molar-refractivity contribution in [3.8, 4) is 12.3 Å². The van der Waals surface area contributed by atoms with Crippen molar-refractivity contribution in [3.05, 3.63) is 40.2 Å². The molecule has 0 unspecified atom stereocenters. The van der Waals surface area contributed by atoms with Crippen LogP contribution >= 0.6 is 11.3 Å². The van der Waals surface area contributed by atoms with E-state index in [0.717, 1.165) is 37.1 Å². The van der Waals surface area contributed by atoms with Crippen molar-refractivity contribution < 1.29 is 48.2 Å². The molecule has 8 atom stereocenters. The second kappa shape index (κ2) is 31.2. The lowest BCUT2D eigenvalue weighted by molar-refractivity contribution is -0.151. The number of primary amides is 1. The molecule has 2 heterocycles. The smallest absolute Gasteiger partial charge is 0.312 e. The number of benzene rings is 1. The van der Waals surface area contributed by atoms with E-state index in [4.69, 9.17) is 27.6 Å². The number of ether oxygens (including phenoxy) is 1. The molecule has 1 aliphatic rings. The van der Waals surface area contributed by atoms with Crippen LogP contribution in [0.5, 0.6) is 0 Å². The summed E-state index contributed by atoms with van der Waals surface area (Å²) in [6, 6.07) is 3.59. The highest BCUT2D eigenvalue weighted by atomic mass is 32.1. The second-order valence-corrected chi connectivity index (χ2v) is 22.4. The summed E-state index contributed by atoms with van der Waals surface area (Å²) in [6.07, 6.45) is 10.3. The summed E-state index contributed by atoms with van der Waals surface area (Å²) in [6.45, 7) is 17.1. The van der Waals surface area contributed by atoms with Crippen molar-refractivity contribution in [2.24, 2.45) is 46.5 Å². The molecule has 1 aromatic carbocycles. The monoisotopic (exact) mass is 1080 g/mol. The molecule has 0 radical (unpaired) electrons. The van der Waals surface area contributed by atoms with E-state index in [2.05, 4.69) is 37.4 Å². The van der Waals surface area contributed by atoms with Crippen molar-refractivity contribution in [1.82, 2.24) is 30.7 Å². The number of esters is 1. The maximum Gasteiger partial charge on any atom is 0.312 e. The van der Waals surface area contributed by atoms with E-state index in [0.29, 0.717) is 54.9 Å². The van der Waals surface area contributed by atoms with E-state index >= 15 is 0 Å². The molecular weight excluding hydrogens is 993 g/mol. The number of piperidine rings is 1. The third-order valence-electron chi connectivity index (χ3n) is 14.1. The molecule has 20 nitrogen and oxygen atoms in total. The minimum Gasteiger partial charge on any atom is -0.481 e. The average Bonchev–Trinajstić information content (AvgIpc) is 3.82. The number of thiazole rings is 1. The van der Waals surface area contributed by atoms with E-state index in [9.17, 15) is 43.5 Å². The Morgan fingerprint density at radius 2 is 1.64 bits per heavy atom. The summed E-state index contributed by atoms with van der Waals surface area (Å²) in [4.78, 5) is 115. The van der Waals surface area contributed by atoms with Crippen LogP contribution in [0.25, 0.3) is 0 Å². The molecule has 1 fully saturated rings. The highest BCUT2D eigenvalue weighted by Crippen LogP contribution is 2.35. The second-order valence-electron chi connectivity index (χ2n) is 21.5. The molecule has 422 valence electrons. The molecule has 0 spiro atoms. The maximum atomic E-state index is 15.0. The molecule has 2 aromatic rings. The van der Waals surface area contributed by atoms with E-state index in [1.807, 2.05) is 34.7 Å². The van der Waals surface area contributed by atoms with Gasteiger partial charge in [-0.05, 0) is 121 Å². The lowest BCUT2D eigenvalue weighted by atomic mass is 9.80. The Balaban J connectivity index is 1.91. The van der Waals surface area contributed by atoms with E-state index < -0.39 is 77.2 Å². The number of aromatic nitrogens is 1. The van der Waals surface area contributed by atoms with Crippen LogP contribution in [0.3, 0.4) is 0 Å². The van der Waals surface area contributed by atoms with Crippen molar-refractivity contribution in [1.29, 1.82) is 0 Å². The fraction of sp³-hybridized carbons (Fsp3) is 0.655. The SMILES string of the molecule is C#CCCCCN(C(=O)[C@H](C(=O)N[C@H]1CCCCN1C)[C@@H](C)CC)[C@H](C[C@@H](OC(C)=O)c1nc(NC(=O)[C@@H](Cc2ccc(NC(=O)[C@H](CCCNC(N)=O)NC(=O)[C@@H](N)C(C)C)cc2)CC(C)(C)C(=O)O)cs1)C(C)C. The van der Waals surface area contributed by atoms with Gasteiger partial charge in [-0.1, -0.05) is 60.1 Å². The Kier molecular flexibility index (Phi) is 26.3. The van der Waals surface area contributed by atoms with Crippen LogP contribution in [0.4, 0.5) is 16.3 Å². The van der Waals surface area contributed by atoms with Gasteiger partial charge in [-0.3, -0.25) is 38.5 Å². The van der Waals surface area contributed by atoms with Crippen LogP contribution in [-0.4, -0.2) is 118 Å². The Morgan fingerprint density at radius 1 is 0.961 bits per heavy atom. The van der Waals surface area contributed by atoms with Gasteiger partial charge in [0.1, 0.15) is 22.8 Å². The first-order valence-corrected chi connectivity index (χ1v) is 27.6. The summed E-state index contributed by atoms with van der Waals surface area (Å²) < 4.78 is 5.94. The number of carboxylic acid groups (broad SMARTS) is 1. The Morgan fingerprint density at radius 3 is 2.22 bits per heavy atom. The average molecular weight is 1080 g/mol. The predicted molar refractivity (Wildman–Crippen MR) is 294 cm³/mol. The number of aliphatic carboxylic acids is 1. The summed E-state index contributed by atoms with van der Waals surface area (Å²) in [7, 11) is 1.97. The fourth-order valence-electron chi connectivity index (χ4n) is 9.14. The van der Waals surface area contributed by atoms with Gasteiger partial charge in [-0.25, -0.2) is 9.78 Å². The van der Waals surface area contributed by atoms with Gasteiger partial charge in [0.05, 0.1) is 17.6 Å². The first-order chi connectivity index (χ1) is 35.8. The topological polar surface area (TPSA) is 298 Å². The van der Waals surface area contributed by atoms with Gasteiger partial charge >= 0.3 is 18.0 Å². The van der Waals surface area contributed by atoms with Gasteiger partial charge in [0.25, 0.3) is 0 Å². The number of hydrogen-bond acceptors (Lipinski definition) is 13. The Hall–Kier alpha value is -6.11. The molecule has 0 saturated carbocycles. The molecule has 1 aliphatic heterocycles. The van der Waals surface area contributed by atoms with Gasteiger partial charge in [0.2, 0.25) is 29.5 Å². The van der Waals surface area contributed by atoms with Crippen LogP contribution in [-0.2, 0) is 44.7 Å². The van der Waals surface area contributed by atoms with Crippen LogP contribution < -0.4 is 38.1 Å². The molecule has 7 amide bonds. The molecule has 0 bridgehead atoms. The first kappa shape index (κ1) is 64.2. The molecule has 3 rings (SSSR count). The van der Waals surface area contributed by atoms with Gasteiger partial charge in [-0.15, -0.1) is 23.7 Å². The summed E-state index contributed by atoms with van der Waals surface area (Å²) in [5.74, 6) is -3.49. The van der Waals surface area contributed by atoms with Gasteiger partial charge in [0.15, 0.2) is 6.10 Å².